The number of aromatic nitrogens is 2. The van der Waals surface area contributed by atoms with E-state index in [9.17, 15) is 0 Å². The van der Waals surface area contributed by atoms with Crippen molar-refractivity contribution in [1.82, 2.24) is 9.97 Å². The summed E-state index contributed by atoms with van der Waals surface area (Å²) in [7, 11) is 1.82. The third-order valence-corrected chi connectivity index (χ3v) is 2.50. The van der Waals surface area contributed by atoms with E-state index in [0.29, 0.717) is 11.5 Å². The van der Waals surface area contributed by atoms with Crippen LogP contribution in [0.2, 0.25) is 0 Å². The van der Waals surface area contributed by atoms with Crippen LogP contribution in [0.3, 0.4) is 0 Å². The summed E-state index contributed by atoms with van der Waals surface area (Å²) in [4.78, 5) is 10.1. The zero-order valence-electron chi connectivity index (χ0n) is 9.85. The molecule has 18 heavy (non-hydrogen) atoms. The molecule has 1 aromatic heterocycles. The number of nitrogens with two attached hydrogens (primary N) is 1. The number of nitrogens with zero attached hydrogens (tertiary/aromatic N) is 4. The Kier molecular flexibility index (Phi) is 3.38. The highest BCUT2D eigenvalue weighted by Crippen LogP contribution is 2.23. The molecular formula is C12H13N5O. The predicted octanol–water partition coefficient (Wildman–Crippen LogP) is 1.34. The topological polar surface area (TPSA) is 87.6 Å². The molecule has 2 rings (SSSR count). The maximum absolute atomic E-state index is 8.78. The van der Waals surface area contributed by atoms with Crippen LogP contribution in [0.25, 0.3) is 0 Å². The summed E-state index contributed by atoms with van der Waals surface area (Å²) in [5, 5.41) is 11.8. The van der Waals surface area contributed by atoms with Crippen molar-refractivity contribution in [1.29, 1.82) is 0 Å². The quantitative estimate of drug-likeness (QED) is 0.367. The molecule has 3 N–H and O–H groups in total. The van der Waals surface area contributed by atoms with Gasteiger partial charge in [0, 0.05) is 25.0 Å². The van der Waals surface area contributed by atoms with E-state index in [4.69, 9.17) is 10.9 Å². The molecule has 0 aliphatic heterocycles. The van der Waals surface area contributed by atoms with Gasteiger partial charge in [-0.3, -0.25) is 0 Å². The van der Waals surface area contributed by atoms with Gasteiger partial charge >= 0.3 is 0 Å². The Labute approximate surface area is 104 Å². The number of oxime groups is 1. The van der Waals surface area contributed by atoms with Crippen molar-refractivity contribution in [3.63, 3.8) is 0 Å². The molecule has 0 spiro atoms. The second kappa shape index (κ2) is 5.13. The maximum atomic E-state index is 8.78. The van der Waals surface area contributed by atoms with Crippen LogP contribution < -0.4 is 10.6 Å². The lowest BCUT2D eigenvalue weighted by Gasteiger charge is -2.19. The van der Waals surface area contributed by atoms with Gasteiger partial charge in [-0.05, 0) is 18.2 Å². The highest BCUT2D eigenvalue weighted by molar-refractivity contribution is 6.02. The molecule has 0 saturated heterocycles. The average molecular weight is 243 g/mol. The van der Waals surface area contributed by atoms with Crippen LogP contribution >= 0.6 is 0 Å². The number of amidine groups is 1. The van der Waals surface area contributed by atoms with Crippen LogP contribution in [0, 0.1) is 0 Å². The number of benzene rings is 1. The average Bonchev–Trinajstić information content (AvgIpc) is 2.46. The number of rotatable bonds is 3. The molecule has 0 bridgehead atoms. The standard InChI is InChI=1S/C12H13N5O/c1-17(12-14-7-4-8-15-12)10-6-3-2-5-9(10)11(13)16-18/h2-8,18H,1H3,(H2,13,16). The summed E-state index contributed by atoms with van der Waals surface area (Å²) >= 11 is 0. The summed E-state index contributed by atoms with van der Waals surface area (Å²) in [5.41, 5.74) is 7.03. The number of hydrogen-bond donors (Lipinski definition) is 2. The zero-order chi connectivity index (χ0) is 13.0. The normalized spacial score (nSPS) is 11.3. The van der Waals surface area contributed by atoms with Gasteiger partial charge in [-0.25, -0.2) is 9.97 Å². The fourth-order valence-electron chi connectivity index (χ4n) is 1.61. The minimum Gasteiger partial charge on any atom is -0.409 e. The SMILES string of the molecule is CN(c1ncccn1)c1ccccc1C(N)=NO. The molecule has 0 fully saturated rings. The van der Waals surface area contributed by atoms with Gasteiger partial charge in [-0.1, -0.05) is 17.3 Å². The number of para-hydroxylation sites is 1. The first-order chi connectivity index (χ1) is 8.74. The van der Waals surface area contributed by atoms with Crippen molar-refractivity contribution in [3.8, 4) is 0 Å². The van der Waals surface area contributed by atoms with Gasteiger partial charge in [-0.2, -0.15) is 0 Å². The van der Waals surface area contributed by atoms with Gasteiger partial charge in [0.05, 0.1) is 5.69 Å². The summed E-state index contributed by atoms with van der Waals surface area (Å²) in [5.74, 6) is 0.587. The van der Waals surface area contributed by atoms with Gasteiger partial charge in [0.15, 0.2) is 5.84 Å². The van der Waals surface area contributed by atoms with Gasteiger partial charge in [0.25, 0.3) is 0 Å². The summed E-state index contributed by atoms with van der Waals surface area (Å²) in [6.07, 6.45) is 3.32. The minimum absolute atomic E-state index is 0.0494. The first kappa shape index (κ1) is 11.8. The van der Waals surface area contributed by atoms with Crippen LogP contribution in [0.15, 0.2) is 47.9 Å². The third-order valence-electron chi connectivity index (χ3n) is 2.50. The fourth-order valence-corrected chi connectivity index (χ4v) is 1.61. The van der Waals surface area contributed by atoms with E-state index in [1.165, 1.54) is 0 Å². The van der Waals surface area contributed by atoms with E-state index < -0.39 is 0 Å². The van der Waals surface area contributed by atoms with Crippen LogP contribution in [-0.4, -0.2) is 28.1 Å². The van der Waals surface area contributed by atoms with Crippen LogP contribution in [0.5, 0.6) is 0 Å². The van der Waals surface area contributed by atoms with Gasteiger partial charge in [0.1, 0.15) is 0 Å². The maximum Gasteiger partial charge on any atom is 0.229 e. The molecule has 6 nitrogen and oxygen atoms in total. The largest absolute Gasteiger partial charge is 0.409 e. The Morgan fingerprint density at radius 1 is 1.22 bits per heavy atom. The molecular weight excluding hydrogens is 230 g/mol. The highest BCUT2D eigenvalue weighted by Gasteiger charge is 2.13. The monoisotopic (exact) mass is 243 g/mol. The smallest absolute Gasteiger partial charge is 0.229 e. The molecule has 0 saturated carbocycles. The van der Waals surface area contributed by atoms with E-state index in [1.807, 2.05) is 25.2 Å². The fraction of sp³-hybridized carbons (Fsp3) is 0.0833. The molecule has 0 unspecified atom stereocenters. The predicted molar refractivity (Wildman–Crippen MR) is 69.0 cm³/mol. The van der Waals surface area contributed by atoms with Crippen LogP contribution in [0.1, 0.15) is 5.56 Å². The van der Waals surface area contributed by atoms with Gasteiger partial charge in [0.2, 0.25) is 5.95 Å². The Balaban J connectivity index is 2.46. The Morgan fingerprint density at radius 2 is 1.89 bits per heavy atom. The van der Waals surface area contributed by atoms with Crippen LogP contribution in [-0.2, 0) is 0 Å². The molecule has 2 aromatic rings. The zero-order valence-corrected chi connectivity index (χ0v) is 9.85. The van der Waals surface area contributed by atoms with Crippen molar-refractivity contribution in [2.75, 3.05) is 11.9 Å². The van der Waals surface area contributed by atoms with E-state index in [1.54, 1.807) is 29.4 Å². The van der Waals surface area contributed by atoms with Crippen molar-refractivity contribution in [2.45, 2.75) is 0 Å². The Bertz CT molecular complexity index is 555. The summed E-state index contributed by atoms with van der Waals surface area (Å²) < 4.78 is 0. The second-order valence-corrected chi connectivity index (χ2v) is 3.61. The Hall–Kier alpha value is -2.63. The third kappa shape index (κ3) is 2.22. The molecule has 1 aromatic carbocycles. The van der Waals surface area contributed by atoms with E-state index in [0.717, 1.165) is 5.69 Å². The van der Waals surface area contributed by atoms with Crippen molar-refractivity contribution in [3.05, 3.63) is 48.3 Å². The lowest BCUT2D eigenvalue weighted by Crippen LogP contribution is -2.20. The van der Waals surface area contributed by atoms with E-state index in [-0.39, 0.29) is 5.84 Å². The number of hydrogen-bond acceptors (Lipinski definition) is 5. The lowest BCUT2D eigenvalue weighted by molar-refractivity contribution is 0.318. The molecule has 0 radical (unpaired) electrons. The molecule has 0 amide bonds. The molecule has 92 valence electrons. The van der Waals surface area contributed by atoms with Crippen LogP contribution in [0.4, 0.5) is 11.6 Å². The molecule has 6 heteroatoms. The Morgan fingerprint density at radius 3 is 2.56 bits per heavy atom. The first-order valence-corrected chi connectivity index (χ1v) is 5.31. The first-order valence-electron chi connectivity index (χ1n) is 5.31. The van der Waals surface area contributed by atoms with Gasteiger partial charge < -0.3 is 15.8 Å². The minimum atomic E-state index is 0.0494. The number of anilines is 2. The van der Waals surface area contributed by atoms with E-state index in [2.05, 4.69) is 15.1 Å². The van der Waals surface area contributed by atoms with Gasteiger partial charge in [-0.15, -0.1) is 0 Å². The molecule has 0 aliphatic rings. The van der Waals surface area contributed by atoms with Crippen molar-refractivity contribution in [2.24, 2.45) is 10.9 Å². The van der Waals surface area contributed by atoms with Crippen molar-refractivity contribution < 1.29 is 5.21 Å². The molecule has 0 atom stereocenters. The van der Waals surface area contributed by atoms with E-state index >= 15 is 0 Å². The molecule has 0 aliphatic carbocycles. The summed E-state index contributed by atoms with van der Waals surface area (Å²) in [6.45, 7) is 0. The van der Waals surface area contributed by atoms with Crippen molar-refractivity contribution >= 4 is 17.5 Å². The molecule has 1 heterocycles. The summed E-state index contributed by atoms with van der Waals surface area (Å²) in [6, 6.07) is 9.04. The highest BCUT2D eigenvalue weighted by atomic mass is 16.4. The second-order valence-electron chi connectivity index (χ2n) is 3.61. The lowest BCUT2D eigenvalue weighted by atomic mass is 10.1.